The van der Waals surface area contributed by atoms with Crippen molar-refractivity contribution in [2.75, 3.05) is 6.54 Å². The fraction of sp³-hybridized carbons (Fsp3) is 0.286. The molecule has 2 N–H and O–H groups in total. The molecule has 58 valence electrons. The quantitative estimate of drug-likeness (QED) is 0.647. The maximum absolute atomic E-state index is 10.7. The van der Waals surface area contributed by atoms with Crippen molar-refractivity contribution < 1.29 is 4.79 Å². The first-order valence-corrected chi connectivity index (χ1v) is 4.37. The summed E-state index contributed by atoms with van der Waals surface area (Å²) in [6.07, 6.45) is 0. The van der Waals surface area contributed by atoms with Crippen molar-refractivity contribution in [2.45, 2.75) is 6.04 Å². The van der Waals surface area contributed by atoms with Crippen LogP contribution in [-0.2, 0) is 0 Å². The molecule has 2 amide bonds. The molecule has 1 atom stereocenters. The number of thiophene rings is 1. The Morgan fingerprint density at radius 3 is 3.09 bits per heavy atom. The highest BCUT2D eigenvalue weighted by molar-refractivity contribution is 7.07. The minimum atomic E-state index is -0.0683. The number of hydrogen-bond acceptors (Lipinski definition) is 2. The third kappa shape index (κ3) is 1.21. The van der Waals surface area contributed by atoms with Gasteiger partial charge in [0.15, 0.2) is 0 Å². The van der Waals surface area contributed by atoms with Crippen molar-refractivity contribution in [1.29, 1.82) is 0 Å². The number of hydrogen-bond donors (Lipinski definition) is 2. The molecule has 0 saturated carbocycles. The second-order valence-electron chi connectivity index (χ2n) is 2.46. The van der Waals surface area contributed by atoms with E-state index in [4.69, 9.17) is 0 Å². The van der Waals surface area contributed by atoms with Gasteiger partial charge >= 0.3 is 6.03 Å². The summed E-state index contributed by atoms with van der Waals surface area (Å²) in [7, 11) is 0. The number of nitrogens with one attached hydrogen (secondary N) is 2. The van der Waals surface area contributed by atoms with E-state index < -0.39 is 0 Å². The zero-order valence-corrected chi connectivity index (χ0v) is 6.65. The van der Waals surface area contributed by atoms with Crippen LogP contribution in [0.4, 0.5) is 4.79 Å². The summed E-state index contributed by atoms with van der Waals surface area (Å²) in [6.45, 7) is 0.704. The van der Waals surface area contributed by atoms with Crippen LogP contribution in [0.2, 0.25) is 0 Å². The lowest BCUT2D eigenvalue weighted by atomic mass is 10.2. The molecule has 4 heteroatoms. The Morgan fingerprint density at radius 1 is 1.64 bits per heavy atom. The molecule has 11 heavy (non-hydrogen) atoms. The van der Waals surface area contributed by atoms with Gasteiger partial charge in [0.05, 0.1) is 6.04 Å². The van der Waals surface area contributed by atoms with Gasteiger partial charge in [0, 0.05) is 6.54 Å². The Bertz CT molecular complexity index is 257. The van der Waals surface area contributed by atoms with E-state index in [9.17, 15) is 4.79 Å². The van der Waals surface area contributed by atoms with E-state index in [2.05, 4.69) is 16.0 Å². The summed E-state index contributed by atoms with van der Waals surface area (Å²) in [4.78, 5) is 10.7. The topological polar surface area (TPSA) is 41.1 Å². The van der Waals surface area contributed by atoms with Gasteiger partial charge in [-0.1, -0.05) is 0 Å². The Balaban J connectivity index is 2.13. The van der Waals surface area contributed by atoms with Gasteiger partial charge in [-0.25, -0.2) is 4.79 Å². The average Bonchev–Trinajstić information content (AvgIpc) is 2.55. The molecule has 1 saturated heterocycles. The number of rotatable bonds is 1. The Labute approximate surface area is 68.4 Å². The molecule has 2 heterocycles. The van der Waals surface area contributed by atoms with Crippen LogP contribution < -0.4 is 10.6 Å². The van der Waals surface area contributed by atoms with Crippen molar-refractivity contribution >= 4 is 17.4 Å². The van der Waals surface area contributed by atoms with E-state index in [0.29, 0.717) is 6.54 Å². The van der Waals surface area contributed by atoms with Crippen LogP contribution in [0.25, 0.3) is 0 Å². The van der Waals surface area contributed by atoms with Crippen molar-refractivity contribution in [2.24, 2.45) is 0 Å². The van der Waals surface area contributed by atoms with Gasteiger partial charge in [0.1, 0.15) is 0 Å². The van der Waals surface area contributed by atoms with Crippen LogP contribution in [0.15, 0.2) is 16.8 Å². The SMILES string of the molecule is O=C1NC[C@H](c2ccsc2)N1. The zero-order chi connectivity index (χ0) is 7.68. The smallest absolute Gasteiger partial charge is 0.315 e. The highest BCUT2D eigenvalue weighted by atomic mass is 32.1. The molecule has 0 spiro atoms. The number of carbonyl (C=O) groups is 1. The summed E-state index contributed by atoms with van der Waals surface area (Å²) in [5.74, 6) is 0. The predicted molar refractivity (Wildman–Crippen MR) is 43.6 cm³/mol. The van der Waals surface area contributed by atoms with E-state index in [1.807, 2.05) is 11.4 Å². The summed E-state index contributed by atoms with van der Waals surface area (Å²) >= 11 is 1.65. The molecule has 1 fully saturated rings. The third-order valence-corrected chi connectivity index (χ3v) is 2.42. The molecule has 1 aliphatic heterocycles. The van der Waals surface area contributed by atoms with E-state index in [0.717, 1.165) is 0 Å². The second kappa shape index (κ2) is 2.54. The predicted octanol–water partition coefficient (Wildman–Crippen LogP) is 1.10. The van der Waals surface area contributed by atoms with Crippen LogP contribution in [0.3, 0.4) is 0 Å². The largest absolute Gasteiger partial charge is 0.336 e. The minimum absolute atomic E-state index is 0.0683. The van der Waals surface area contributed by atoms with Crippen molar-refractivity contribution in [1.82, 2.24) is 10.6 Å². The minimum Gasteiger partial charge on any atom is -0.336 e. The molecule has 1 aliphatic rings. The Morgan fingerprint density at radius 2 is 2.55 bits per heavy atom. The molecule has 0 radical (unpaired) electrons. The zero-order valence-electron chi connectivity index (χ0n) is 5.83. The monoisotopic (exact) mass is 168 g/mol. The lowest BCUT2D eigenvalue weighted by Crippen LogP contribution is -2.21. The Kier molecular flexibility index (Phi) is 1.54. The van der Waals surface area contributed by atoms with E-state index in [1.54, 1.807) is 11.3 Å². The Hall–Kier alpha value is -1.03. The number of urea groups is 1. The lowest BCUT2D eigenvalue weighted by Gasteiger charge is -2.03. The number of carbonyl (C=O) groups excluding carboxylic acids is 1. The first-order valence-electron chi connectivity index (χ1n) is 3.43. The summed E-state index contributed by atoms with van der Waals surface area (Å²) in [5.41, 5.74) is 1.19. The molecule has 2 rings (SSSR count). The molecule has 1 aromatic heterocycles. The molecule has 0 bridgehead atoms. The molecule has 0 aliphatic carbocycles. The highest BCUT2D eigenvalue weighted by Gasteiger charge is 2.21. The van der Waals surface area contributed by atoms with Crippen LogP contribution in [-0.4, -0.2) is 12.6 Å². The van der Waals surface area contributed by atoms with Gasteiger partial charge in [-0.05, 0) is 22.4 Å². The molecule has 0 unspecified atom stereocenters. The van der Waals surface area contributed by atoms with Gasteiger partial charge in [-0.15, -0.1) is 0 Å². The third-order valence-electron chi connectivity index (χ3n) is 1.72. The molecular formula is C7H8N2OS. The van der Waals surface area contributed by atoms with Gasteiger partial charge < -0.3 is 10.6 Å². The first kappa shape index (κ1) is 6.67. The van der Waals surface area contributed by atoms with Crippen molar-refractivity contribution in [3.63, 3.8) is 0 Å². The standard InChI is InChI=1S/C7H8N2OS/c10-7-8-3-6(9-7)5-1-2-11-4-5/h1-2,4,6H,3H2,(H2,8,9,10)/t6-/m1/s1. The maximum atomic E-state index is 10.7. The molecular weight excluding hydrogens is 160 g/mol. The van der Waals surface area contributed by atoms with Crippen LogP contribution in [0, 0.1) is 0 Å². The molecule has 3 nitrogen and oxygen atoms in total. The van der Waals surface area contributed by atoms with Gasteiger partial charge in [-0.3, -0.25) is 0 Å². The van der Waals surface area contributed by atoms with Crippen molar-refractivity contribution in [3.05, 3.63) is 22.4 Å². The summed E-state index contributed by atoms with van der Waals surface area (Å²) in [6, 6.07) is 2.14. The fourth-order valence-electron chi connectivity index (χ4n) is 1.13. The fourth-order valence-corrected chi connectivity index (χ4v) is 1.84. The highest BCUT2D eigenvalue weighted by Crippen LogP contribution is 2.17. The van der Waals surface area contributed by atoms with Gasteiger partial charge in [0.25, 0.3) is 0 Å². The summed E-state index contributed by atoms with van der Waals surface area (Å²) in [5, 5.41) is 9.59. The molecule has 1 aromatic rings. The second-order valence-corrected chi connectivity index (χ2v) is 3.24. The van der Waals surface area contributed by atoms with Crippen LogP contribution >= 0.6 is 11.3 Å². The van der Waals surface area contributed by atoms with Crippen molar-refractivity contribution in [3.8, 4) is 0 Å². The van der Waals surface area contributed by atoms with Crippen LogP contribution in [0.5, 0.6) is 0 Å². The van der Waals surface area contributed by atoms with E-state index in [1.165, 1.54) is 5.56 Å². The lowest BCUT2D eigenvalue weighted by molar-refractivity contribution is 0.247. The number of amides is 2. The average molecular weight is 168 g/mol. The van der Waals surface area contributed by atoms with Crippen LogP contribution in [0.1, 0.15) is 11.6 Å². The summed E-state index contributed by atoms with van der Waals surface area (Å²) < 4.78 is 0. The van der Waals surface area contributed by atoms with Gasteiger partial charge in [0.2, 0.25) is 0 Å². The van der Waals surface area contributed by atoms with Gasteiger partial charge in [-0.2, -0.15) is 11.3 Å². The van der Waals surface area contributed by atoms with E-state index >= 15 is 0 Å². The maximum Gasteiger partial charge on any atom is 0.315 e. The molecule has 0 aromatic carbocycles. The van der Waals surface area contributed by atoms with E-state index in [-0.39, 0.29) is 12.1 Å². The first-order chi connectivity index (χ1) is 5.36. The normalized spacial score (nSPS) is 22.9.